The second-order valence-corrected chi connectivity index (χ2v) is 14.2. The summed E-state index contributed by atoms with van der Waals surface area (Å²) in [6.45, 7) is 8.31. The van der Waals surface area contributed by atoms with Gasteiger partial charge in [-0.3, -0.25) is 0 Å². The molecule has 4 aromatic heterocycles. The Balaban J connectivity index is 1.16. The number of furan rings is 2. The van der Waals surface area contributed by atoms with Crippen LogP contribution in [0.4, 0.5) is 5.69 Å². The Morgan fingerprint density at radius 3 is 1.48 bits per heavy atom. The molecule has 0 bridgehead atoms. The Morgan fingerprint density at radius 1 is 0.464 bits per heavy atom. The van der Waals surface area contributed by atoms with Gasteiger partial charge in [-0.05, 0) is 90.0 Å². The van der Waals surface area contributed by atoms with Crippen LogP contribution in [0.1, 0.15) is 5.56 Å². The Kier molecular flexibility index (Phi) is 6.10. The predicted molar refractivity (Wildman–Crippen MR) is 226 cm³/mol. The fraction of sp³-hybridized carbons (Fsp3) is 0. The summed E-state index contributed by atoms with van der Waals surface area (Å²) in [5.74, 6) is 0. The van der Waals surface area contributed by atoms with E-state index in [1.54, 1.807) is 0 Å². The van der Waals surface area contributed by atoms with Crippen LogP contribution in [0.5, 0.6) is 0 Å². The first-order valence-corrected chi connectivity index (χ1v) is 18.4. The molecular weight excluding hydrogens is 689 g/mol. The van der Waals surface area contributed by atoms with E-state index in [0.717, 1.165) is 98.9 Å². The molecule has 0 aliphatic carbocycles. The molecule has 56 heavy (non-hydrogen) atoms. The summed E-state index contributed by atoms with van der Waals surface area (Å²) in [6, 6.07) is 55.8. The average Bonchev–Trinajstić information content (AvgIpc) is 4.00. The molecule has 6 heteroatoms. The van der Waals surface area contributed by atoms with E-state index in [0.29, 0.717) is 22.4 Å². The second kappa shape index (κ2) is 11.2. The SMILES string of the molecule is [C-]#[N+]c1ccc(-n2c3ccccc3c3ccc4oc5ccccc5c4c32)cc1-c1cc(-n2c3ccccc3c3ccc4oc5ccccc5c4c32)ccc1C#N. The molecule has 0 aliphatic rings. The summed E-state index contributed by atoms with van der Waals surface area (Å²) in [6.07, 6.45) is 0. The minimum atomic E-state index is 0.465. The maximum Gasteiger partial charge on any atom is 0.195 e. The smallest absolute Gasteiger partial charge is 0.195 e. The van der Waals surface area contributed by atoms with Crippen LogP contribution in [0.3, 0.4) is 0 Å². The van der Waals surface area contributed by atoms with Crippen LogP contribution in [-0.4, -0.2) is 9.13 Å². The Morgan fingerprint density at radius 2 is 0.946 bits per heavy atom. The summed E-state index contributed by atoms with van der Waals surface area (Å²) >= 11 is 0. The normalized spacial score (nSPS) is 11.9. The largest absolute Gasteiger partial charge is 0.456 e. The van der Waals surface area contributed by atoms with Gasteiger partial charge in [0.1, 0.15) is 22.3 Å². The molecule has 8 aromatic carbocycles. The van der Waals surface area contributed by atoms with Crippen LogP contribution in [0.2, 0.25) is 0 Å². The zero-order chi connectivity index (χ0) is 37.1. The highest BCUT2D eigenvalue weighted by Gasteiger charge is 2.23. The third-order valence-electron chi connectivity index (χ3n) is 11.4. The summed E-state index contributed by atoms with van der Waals surface area (Å²) in [4.78, 5) is 4.01. The van der Waals surface area contributed by atoms with Crippen LogP contribution in [0, 0.1) is 17.9 Å². The average molecular weight is 715 g/mol. The standard InChI is InChI=1S/C50H26N4O2/c1-52-40-23-20-31(54-42-15-7-3-11-33(42)35-22-25-46-48(50(35)54)37-13-5-9-17-44(37)56-46)27-39(40)38-26-30(19-18-29(38)28-51)53-41-14-6-2-10-32(41)34-21-24-45-47(49(34)53)36-12-4-8-16-43(36)55-45/h2-27H. The van der Waals surface area contributed by atoms with Crippen molar-refractivity contribution in [1.29, 1.82) is 5.26 Å². The molecule has 12 rings (SSSR count). The lowest BCUT2D eigenvalue weighted by Crippen LogP contribution is -1.98. The van der Waals surface area contributed by atoms with Crippen molar-refractivity contribution in [2.75, 3.05) is 0 Å². The van der Waals surface area contributed by atoms with Crippen molar-refractivity contribution >= 4 is 93.2 Å². The number of hydrogen-bond donors (Lipinski definition) is 0. The number of aromatic nitrogens is 2. The van der Waals surface area contributed by atoms with E-state index in [1.807, 2.05) is 60.7 Å². The first kappa shape index (κ1) is 30.4. The zero-order valence-electron chi connectivity index (χ0n) is 29.6. The van der Waals surface area contributed by atoms with E-state index < -0.39 is 0 Å². The molecule has 0 N–H and O–H groups in total. The van der Waals surface area contributed by atoms with Crippen LogP contribution in [0.25, 0.3) is 115 Å². The van der Waals surface area contributed by atoms with E-state index in [9.17, 15) is 5.26 Å². The Hall–Kier alpha value is -8.06. The first-order valence-electron chi connectivity index (χ1n) is 18.4. The molecule has 4 heterocycles. The third-order valence-corrected chi connectivity index (χ3v) is 11.4. The molecule has 0 amide bonds. The van der Waals surface area contributed by atoms with Gasteiger partial charge in [-0.2, -0.15) is 5.26 Å². The van der Waals surface area contributed by atoms with Crippen molar-refractivity contribution in [3.63, 3.8) is 0 Å². The van der Waals surface area contributed by atoms with Crippen LogP contribution < -0.4 is 0 Å². The number of nitriles is 1. The van der Waals surface area contributed by atoms with Gasteiger partial charge in [0.2, 0.25) is 0 Å². The number of rotatable bonds is 3. The van der Waals surface area contributed by atoms with Crippen molar-refractivity contribution in [2.45, 2.75) is 0 Å². The molecular formula is C50H26N4O2. The molecule has 0 aliphatic heterocycles. The molecule has 0 unspecified atom stereocenters. The molecule has 0 fully saturated rings. The molecule has 0 spiro atoms. The fourth-order valence-corrected chi connectivity index (χ4v) is 9.03. The van der Waals surface area contributed by atoms with E-state index in [1.165, 1.54) is 0 Å². The van der Waals surface area contributed by atoms with Crippen LogP contribution in [-0.2, 0) is 0 Å². The van der Waals surface area contributed by atoms with Gasteiger partial charge in [-0.15, -0.1) is 0 Å². The lowest BCUT2D eigenvalue weighted by Gasteiger charge is -2.15. The lowest BCUT2D eigenvalue weighted by molar-refractivity contribution is 0.669. The maximum atomic E-state index is 10.6. The Bertz CT molecular complexity index is 3500. The molecule has 6 nitrogen and oxygen atoms in total. The van der Waals surface area contributed by atoms with Gasteiger partial charge in [0.15, 0.2) is 5.69 Å². The number of para-hydroxylation sites is 4. The molecule has 258 valence electrons. The van der Waals surface area contributed by atoms with Crippen molar-refractivity contribution in [3.05, 3.63) is 175 Å². The number of fused-ring (bicyclic) bond motifs is 14. The van der Waals surface area contributed by atoms with Gasteiger partial charge in [0.25, 0.3) is 0 Å². The van der Waals surface area contributed by atoms with E-state index in [-0.39, 0.29) is 0 Å². The number of nitrogens with zero attached hydrogens (tertiary/aromatic N) is 4. The van der Waals surface area contributed by atoms with Crippen molar-refractivity contribution in [1.82, 2.24) is 9.13 Å². The van der Waals surface area contributed by atoms with Crippen molar-refractivity contribution in [2.24, 2.45) is 0 Å². The van der Waals surface area contributed by atoms with Gasteiger partial charge >= 0.3 is 0 Å². The topological polar surface area (TPSA) is 64.3 Å². The van der Waals surface area contributed by atoms with Gasteiger partial charge in [-0.25, -0.2) is 4.85 Å². The Labute approximate surface area is 318 Å². The molecule has 12 aromatic rings. The number of hydrogen-bond acceptors (Lipinski definition) is 3. The molecule has 0 saturated carbocycles. The summed E-state index contributed by atoms with van der Waals surface area (Å²) in [5.41, 5.74) is 11.5. The highest BCUT2D eigenvalue weighted by molar-refractivity contribution is 6.26. The molecule has 0 radical (unpaired) electrons. The maximum absolute atomic E-state index is 10.6. The van der Waals surface area contributed by atoms with Crippen molar-refractivity contribution in [3.8, 4) is 28.6 Å². The number of benzene rings is 8. The highest BCUT2D eigenvalue weighted by atomic mass is 16.3. The minimum Gasteiger partial charge on any atom is -0.456 e. The highest BCUT2D eigenvalue weighted by Crippen LogP contribution is 2.45. The van der Waals surface area contributed by atoms with Crippen LogP contribution >= 0.6 is 0 Å². The van der Waals surface area contributed by atoms with Gasteiger partial charge in [0.05, 0.1) is 51.0 Å². The van der Waals surface area contributed by atoms with Crippen LogP contribution in [0.15, 0.2) is 167 Å². The first-order chi connectivity index (χ1) is 27.7. The van der Waals surface area contributed by atoms with E-state index in [4.69, 9.17) is 15.4 Å². The van der Waals surface area contributed by atoms with Crippen molar-refractivity contribution < 1.29 is 8.83 Å². The van der Waals surface area contributed by atoms with Gasteiger partial charge in [0, 0.05) is 43.7 Å². The predicted octanol–water partition coefficient (Wildman–Crippen LogP) is 13.8. The third kappa shape index (κ3) is 4.02. The van der Waals surface area contributed by atoms with E-state index in [2.05, 4.69) is 117 Å². The van der Waals surface area contributed by atoms with E-state index >= 15 is 0 Å². The minimum absolute atomic E-state index is 0.465. The quantitative estimate of drug-likeness (QED) is 0.171. The molecule has 0 atom stereocenters. The molecule has 0 saturated heterocycles. The zero-order valence-corrected chi connectivity index (χ0v) is 29.6. The second-order valence-electron chi connectivity index (χ2n) is 14.2. The summed E-state index contributed by atoms with van der Waals surface area (Å²) in [7, 11) is 0. The summed E-state index contributed by atoms with van der Waals surface area (Å²) in [5, 5.41) is 19.2. The monoisotopic (exact) mass is 714 g/mol. The fourth-order valence-electron chi connectivity index (χ4n) is 9.03. The summed E-state index contributed by atoms with van der Waals surface area (Å²) < 4.78 is 17.3. The van der Waals surface area contributed by atoms with Gasteiger partial charge < -0.3 is 18.0 Å². The van der Waals surface area contributed by atoms with Gasteiger partial charge in [-0.1, -0.05) is 78.9 Å². The lowest BCUT2D eigenvalue weighted by atomic mass is 9.97.